The Bertz CT molecular complexity index is 481. The molecule has 1 aromatic heterocycles. The van der Waals surface area contributed by atoms with Crippen LogP contribution in [0.2, 0.25) is 5.02 Å². The van der Waals surface area contributed by atoms with E-state index in [1.165, 1.54) is 6.42 Å². The lowest BCUT2D eigenvalue weighted by atomic mass is 10.1. The van der Waals surface area contributed by atoms with Crippen LogP contribution in [0.4, 0.5) is 0 Å². The smallest absolute Gasteiger partial charge is 0.111 e. The van der Waals surface area contributed by atoms with Crippen LogP contribution in [-0.4, -0.2) is 4.98 Å². The summed E-state index contributed by atoms with van der Waals surface area (Å²) in [7, 11) is 0. The van der Waals surface area contributed by atoms with Crippen LogP contribution in [0.25, 0.3) is 10.2 Å². The minimum absolute atomic E-state index is 0.0659. The molecule has 0 aliphatic carbocycles. The molecule has 2 N–H and O–H groups in total. The van der Waals surface area contributed by atoms with Gasteiger partial charge in [0.2, 0.25) is 0 Å². The molecule has 86 valence electrons. The van der Waals surface area contributed by atoms with Gasteiger partial charge in [0.15, 0.2) is 0 Å². The first kappa shape index (κ1) is 11.8. The number of thiazole rings is 1. The fourth-order valence-corrected chi connectivity index (χ4v) is 2.77. The lowest BCUT2D eigenvalue weighted by Crippen LogP contribution is -2.09. The maximum atomic E-state index is 6.10. The third kappa shape index (κ3) is 2.54. The molecule has 1 atom stereocenters. The first-order chi connectivity index (χ1) is 7.70. The molecule has 1 heterocycles. The van der Waals surface area contributed by atoms with Gasteiger partial charge in [-0.15, -0.1) is 11.3 Å². The Labute approximate surface area is 104 Å². The minimum atomic E-state index is 0.0659. The highest BCUT2D eigenvalue weighted by Gasteiger charge is 2.11. The first-order valence-corrected chi connectivity index (χ1v) is 6.71. The average molecular weight is 255 g/mol. The topological polar surface area (TPSA) is 38.9 Å². The van der Waals surface area contributed by atoms with E-state index in [9.17, 15) is 0 Å². The van der Waals surface area contributed by atoms with E-state index in [4.69, 9.17) is 17.3 Å². The molecule has 1 aromatic carbocycles. The Kier molecular flexibility index (Phi) is 3.79. The molecule has 0 bridgehead atoms. The molecule has 1 unspecified atom stereocenters. The molecule has 2 nitrogen and oxygen atoms in total. The van der Waals surface area contributed by atoms with E-state index >= 15 is 0 Å². The minimum Gasteiger partial charge on any atom is -0.322 e. The van der Waals surface area contributed by atoms with E-state index in [0.29, 0.717) is 0 Å². The van der Waals surface area contributed by atoms with Crippen molar-refractivity contribution in [2.24, 2.45) is 5.73 Å². The second kappa shape index (κ2) is 5.13. The number of aromatic nitrogens is 1. The van der Waals surface area contributed by atoms with E-state index in [-0.39, 0.29) is 6.04 Å². The highest BCUT2D eigenvalue weighted by atomic mass is 35.5. The summed E-state index contributed by atoms with van der Waals surface area (Å²) in [5.41, 5.74) is 7.06. The van der Waals surface area contributed by atoms with Crippen molar-refractivity contribution >= 4 is 33.2 Å². The highest BCUT2D eigenvalue weighted by molar-refractivity contribution is 7.18. The van der Waals surface area contributed by atoms with Crippen LogP contribution < -0.4 is 5.73 Å². The van der Waals surface area contributed by atoms with Gasteiger partial charge in [0.25, 0.3) is 0 Å². The number of hydrogen-bond donors (Lipinski definition) is 1. The van der Waals surface area contributed by atoms with Gasteiger partial charge >= 0.3 is 0 Å². The van der Waals surface area contributed by atoms with Crippen LogP contribution in [0.1, 0.15) is 37.2 Å². The fraction of sp³-hybridized carbons (Fsp3) is 0.417. The normalized spacial score (nSPS) is 13.2. The summed E-state index contributed by atoms with van der Waals surface area (Å²) in [5, 5.41) is 1.75. The predicted octanol–water partition coefficient (Wildman–Crippen LogP) is 4.14. The molecular formula is C12H15ClN2S. The Morgan fingerprint density at radius 1 is 1.50 bits per heavy atom. The summed E-state index contributed by atoms with van der Waals surface area (Å²) in [6.45, 7) is 2.17. The van der Waals surface area contributed by atoms with Gasteiger partial charge in [-0.3, -0.25) is 0 Å². The Morgan fingerprint density at radius 3 is 3.06 bits per heavy atom. The molecule has 0 radical (unpaired) electrons. The van der Waals surface area contributed by atoms with Gasteiger partial charge in [-0.1, -0.05) is 31.4 Å². The van der Waals surface area contributed by atoms with Gasteiger partial charge in [0.05, 0.1) is 16.3 Å². The van der Waals surface area contributed by atoms with Gasteiger partial charge in [-0.2, -0.15) is 0 Å². The molecule has 0 aliphatic heterocycles. The molecule has 0 amide bonds. The Morgan fingerprint density at radius 2 is 2.31 bits per heavy atom. The van der Waals surface area contributed by atoms with Crippen LogP contribution >= 0.6 is 22.9 Å². The third-order valence-electron chi connectivity index (χ3n) is 2.55. The lowest BCUT2D eigenvalue weighted by molar-refractivity contribution is 0.601. The van der Waals surface area contributed by atoms with Gasteiger partial charge in [-0.05, 0) is 24.6 Å². The molecule has 0 aliphatic rings. The van der Waals surface area contributed by atoms with E-state index < -0.39 is 0 Å². The van der Waals surface area contributed by atoms with E-state index in [0.717, 1.165) is 33.1 Å². The number of nitrogens with two attached hydrogens (primary N) is 1. The summed E-state index contributed by atoms with van der Waals surface area (Å²) in [6.07, 6.45) is 3.33. The number of unbranched alkanes of at least 4 members (excludes halogenated alkanes) is 1. The summed E-state index contributed by atoms with van der Waals surface area (Å²) < 4.78 is 1.16. The van der Waals surface area contributed by atoms with E-state index in [1.54, 1.807) is 11.3 Å². The maximum Gasteiger partial charge on any atom is 0.111 e. The van der Waals surface area contributed by atoms with E-state index in [1.807, 2.05) is 18.2 Å². The van der Waals surface area contributed by atoms with Crippen LogP contribution in [0.15, 0.2) is 18.2 Å². The Balaban J connectivity index is 2.25. The number of rotatable bonds is 4. The van der Waals surface area contributed by atoms with Crippen molar-refractivity contribution in [1.82, 2.24) is 4.98 Å². The van der Waals surface area contributed by atoms with Crippen LogP contribution in [0, 0.1) is 0 Å². The van der Waals surface area contributed by atoms with Crippen molar-refractivity contribution in [3.05, 3.63) is 28.2 Å². The quantitative estimate of drug-likeness (QED) is 0.891. The van der Waals surface area contributed by atoms with Crippen molar-refractivity contribution < 1.29 is 0 Å². The monoisotopic (exact) mass is 254 g/mol. The van der Waals surface area contributed by atoms with Crippen LogP contribution in [0.3, 0.4) is 0 Å². The molecule has 4 heteroatoms. The summed E-state index contributed by atoms with van der Waals surface area (Å²) in [6, 6.07) is 5.86. The van der Waals surface area contributed by atoms with E-state index in [2.05, 4.69) is 11.9 Å². The number of nitrogens with zero attached hydrogens (tertiary/aromatic N) is 1. The zero-order valence-corrected chi connectivity index (χ0v) is 10.8. The number of hydrogen-bond acceptors (Lipinski definition) is 3. The van der Waals surface area contributed by atoms with Crippen LogP contribution in [-0.2, 0) is 0 Å². The van der Waals surface area contributed by atoms with Crippen molar-refractivity contribution in [1.29, 1.82) is 0 Å². The average Bonchev–Trinajstić information content (AvgIpc) is 2.68. The van der Waals surface area contributed by atoms with Gasteiger partial charge in [0.1, 0.15) is 5.01 Å². The molecule has 0 saturated heterocycles. The zero-order valence-electron chi connectivity index (χ0n) is 9.24. The van der Waals surface area contributed by atoms with Crippen molar-refractivity contribution in [2.45, 2.75) is 32.2 Å². The molecular weight excluding hydrogens is 240 g/mol. The highest BCUT2D eigenvalue weighted by Crippen LogP contribution is 2.29. The molecule has 0 saturated carbocycles. The lowest BCUT2D eigenvalue weighted by Gasteiger charge is -2.05. The number of halogens is 1. The van der Waals surface area contributed by atoms with Crippen molar-refractivity contribution in [3.63, 3.8) is 0 Å². The maximum absolute atomic E-state index is 6.10. The standard InChI is InChI=1S/C12H15ClN2S/c1-2-3-4-9(14)12-15-10-7-8(13)5-6-11(10)16-12/h5-7,9H,2-4,14H2,1H3. The second-order valence-electron chi connectivity index (χ2n) is 3.91. The number of fused-ring (bicyclic) bond motifs is 1. The van der Waals surface area contributed by atoms with Gasteiger partial charge < -0.3 is 5.73 Å². The number of benzene rings is 1. The van der Waals surface area contributed by atoms with Crippen molar-refractivity contribution in [2.75, 3.05) is 0 Å². The largest absolute Gasteiger partial charge is 0.322 e. The Hall–Kier alpha value is -0.640. The summed E-state index contributed by atoms with van der Waals surface area (Å²) >= 11 is 7.59. The van der Waals surface area contributed by atoms with Crippen molar-refractivity contribution in [3.8, 4) is 0 Å². The fourth-order valence-electron chi connectivity index (χ4n) is 1.62. The second-order valence-corrected chi connectivity index (χ2v) is 5.41. The molecule has 2 rings (SSSR count). The summed E-state index contributed by atoms with van der Waals surface area (Å²) in [5.74, 6) is 0. The SMILES string of the molecule is CCCCC(N)c1nc2cc(Cl)ccc2s1. The summed E-state index contributed by atoms with van der Waals surface area (Å²) in [4.78, 5) is 4.54. The zero-order chi connectivity index (χ0) is 11.5. The molecule has 0 spiro atoms. The predicted molar refractivity (Wildman–Crippen MR) is 71.1 cm³/mol. The molecule has 2 aromatic rings. The first-order valence-electron chi connectivity index (χ1n) is 5.52. The molecule has 0 fully saturated rings. The van der Waals surface area contributed by atoms with Gasteiger partial charge in [-0.25, -0.2) is 4.98 Å². The van der Waals surface area contributed by atoms with Gasteiger partial charge in [0, 0.05) is 5.02 Å². The third-order valence-corrected chi connectivity index (χ3v) is 3.96. The van der Waals surface area contributed by atoms with Crippen LogP contribution in [0.5, 0.6) is 0 Å². The molecule has 16 heavy (non-hydrogen) atoms.